The standard InChI is InChI=1S/C22H20F2N4O2S/c1-13-12-18(14(2)28(13)16-7-9-17(10-8-16)30-21(23)24)20(29)15(3)31-22-26-25-19-6-4-5-11-27(19)22/h4-12,15,21H,1-3H3/t15-/m0/s1. The van der Waals surface area contributed by atoms with E-state index in [0.717, 1.165) is 22.7 Å². The SMILES string of the molecule is Cc1cc(C(=O)[C@H](C)Sc2nnc3ccccn23)c(C)n1-c1ccc(OC(F)F)cc1. The summed E-state index contributed by atoms with van der Waals surface area (Å²) in [6.07, 6.45) is 1.86. The van der Waals surface area contributed by atoms with Crippen LogP contribution in [0.3, 0.4) is 0 Å². The maximum atomic E-state index is 13.2. The highest BCUT2D eigenvalue weighted by atomic mass is 32.2. The number of aryl methyl sites for hydroxylation is 1. The van der Waals surface area contributed by atoms with E-state index in [4.69, 9.17) is 0 Å². The summed E-state index contributed by atoms with van der Waals surface area (Å²) in [7, 11) is 0. The van der Waals surface area contributed by atoms with E-state index in [-0.39, 0.29) is 16.8 Å². The molecule has 31 heavy (non-hydrogen) atoms. The molecule has 4 aromatic rings. The van der Waals surface area contributed by atoms with Crippen molar-refractivity contribution in [2.75, 3.05) is 0 Å². The summed E-state index contributed by atoms with van der Waals surface area (Å²) in [5.74, 6) is 0.0674. The highest BCUT2D eigenvalue weighted by Gasteiger charge is 2.24. The average Bonchev–Trinajstić information content (AvgIpc) is 3.28. The minimum absolute atomic E-state index is 0.0188. The number of rotatable bonds is 7. The van der Waals surface area contributed by atoms with Gasteiger partial charge in [0.1, 0.15) is 5.75 Å². The lowest BCUT2D eigenvalue weighted by Gasteiger charge is -2.12. The Morgan fingerprint density at radius 2 is 1.84 bits per heavy atom. The van der Waals surface area contributed by atoms with Gasteiger partial charge >= 0.3 is 6.61 Å². The molecule has 0 saturated heterocycles. The number of ketones is 1. The Kier molecular flexibility index (Phi) is 5.77. The smallest absolute Gasteiger partial charge is 0.387 e. The third kappa shape index (κ3) is 4.18. The number of aromatic nitrogens is 4. The van der Waals surface area contributed by atoms with Gasteiger partial charge in [-0.3, -0.25) is 9.20 Å². The average molecular weight is 442 g/mol. The van der Waals surface area contributed by atoms with Crippen molar-refractivity contribution in [3.8, 4) is 11.4 Å². The van der Waals surface area contributed by atoms with Crippen LogP contribution in [-0.4, -0.2) is 36.8 Å². The molecule has 9 heteroatoms. The normalized spacial score (nSPS) is 12.5. The molecule has 1 aromatic carbocycles. The number of carbonyl (C=O) groups is 1. The molecule has 6 nitrogen and oxygen atoms in total. The van der Waals surface area contributed by atoms with Crippen molar-refractivity contribution in [2.24, 2.45) is 0 Å². The van der Waals surface area contributed by atoms with Gasteiger partial charge in [-0.2, -0.15) is 8.78 Å². The number of benzene rings is 1. The summed E-state index contributed by atoms with van der Waals surface area (Å²) in [6, 6.07) is 13.8. The highest BCUT2D eigenvalue weighted by Crippen LogP contribution is 2.29. The summed E-state index contributed by atoms with van der Waals surface area (Å²) >= 11 is 1.35. The van der Waals surface area contributed by atoms with E-state index in [2.05, 4.69) is 14.9 Å². The minimum atomic E-state index is -2.87. The van der Waals surface area contributed by atoms with Crippen molar-refractivity contribution in [1.82, 2.24) is 19.2 Å². The van der Waals surface area contributed by atoms with Crippen LogP contribution in [0.15, 0.2) is 59.9 Å². The molecule has 1 atom stereocenters. The molecule has 160 valence electrons. The number of carbonyl (C=O) groups excluding carboxylic acids is 1. The number of pyridine rings is 1. The molecule has 3 aromatic heterocycles. The Morgan fingerprint density at radius 3 is 2.55 bits per heavy atom. The van der Waals surface area contributed by atoms with Gasteiger partial charge in [0.15, 0.2) is 16.6 Å². The molecule has 0 N–H and O–H groups in total. The van der Waals surface area contributed by atoms with Crippen molar-refractivity contribution >= 4 is 23.2 Å². The number of Topliss-reactive ketones (excluding diaryl/α,β-unsaturated/α-hetero) is 1. The first-order valence-corrected chi connectivity index (χ1v) is 10.5. The lowest BCUT2D eigenvalue weighted by Crippen LogP contribution is -2.15. The number of alkyl halides is 2. The van der Waals surface area contributed by atoms with Crippen molar-refractivity contribution in [2.45, 2.75) is 37.8 Å². The van der Waals surface area contributed by atoms with E-state index in [0.29, 0.717) is 10.7 Å². The molecule has 0 aliphatic rings. The number of ether oxygens (including phenoxy) is 1. The quantitative estimate of drug-likeness (QED) is 0.294. The zero-order valence-electron chi connectivity index (χ0n) is 17.1. The van der Waals surface area contributed by atoms with Crippen molar-refractivity contribution in [3.05, 3.63) is 71.7 Å². The molecular formula is C22H20F2N4O2S. The van der Waals surface area contributed by atoms with Crippen LogP contribution in [0.1, 0.15) is 28.7 Å². The van der Waals surface area contributed by atoms with Gasteiger partial charge in [-0.05, 0) is 63.2 Å². The molecule has 0 bridgehead atoms. The first-order valence-electron chi connectivity index (χ1n) is 9.60. The van der Waals surface area contributed by atoms with Gasteiger partial charge in [0.25, 0.3) is 0 Å². The molecular weight excluding hydrogens is 422 g/mol. The van der Waals surface area contributed by atoms with Gasteiger partial charge in [-0.15, -0.1) is 10.2 Å². The summed E-state index contributed by atoms with van der Waals surface area (Å²) in [4.78, 5) is 13.2. The van der Waals surface area contributed by atoms with E-state index in [1.165, 1.54) is 23.9 Å². The summed E-state index contributed by atoms with van der Waals surface area (Å²) in [5.41, 5.74) is 3.75. The van der Waals surface area contributed by atoms with Crippen LogP contribution >= 0.6 is 11.8 Å². The van der Waals surface area contributed by atoms with Gasteiger partial charge in [0, 0.05) is 28.8 Å². The third-order valence-corrected chi connectivity index (χ3v) is 6.01. The van der Waals surface area contributed by atoms with Crippen LogP contribution in [0, 0.1) is 13.8 Å². The Hall–Kier alpha value is -3.20. The van der Waals surface area contributed by atoms with Crippen LogP contribution in [0.5, 0.6) is 5.75 Å². The highest BCUT2D eigenvalue weighted by molar-refractivity contribution is 8.00. The van der Waals surface area contributed by atoms with Crippen LogP contribution < -0.4 is 4.74 Å². The molecule has 3 heterocycles. The predicted octanol–water partition coefficient (Wildman–Crippen LogP) is 5.10. The number of fused-ring (bicyclic) bond motifs is 1. The molecule has 0 radical (unpaired) electrons. The fourth-order valence-corrected chi connectivity index (χ4v) is 4.42. The number of halogens is 2. The Balaban J connectivity index is 1.58. The van der Waals surface area contributed by atoms with Crippen LogP contribution in [-0.2, 0) is 0 Å². The number of hydrogen-bond donors (Lipinski definition) is 0. The zero-order valence-corrected chi connectivity index (χ0v) is 17.9. The van der Waals surface area contributed by atoms with Crippen molar-refractivity contribution in [1.29, 1.82) is 0 Å². The van der Waals surface area contributed by atoms with Crippen LogP contribution in [0.2, 0.25) is 0 Å². The fraction of sp³-hybridized carbons (Fsp3) is 0.227. The second kappa shape index (κ2) is 8.50. The summed E-state index contributed by atoms with van der Waals surface area (Å²) < 4.78 is 32.9. The lowest BCUT2D eigenvalue weighted by molar-refractivity contribution is -0.0498. The lowest BCUT2D eigenvalue weighted by atomic mass is 10.1. The predicted molar refractivity (Wildman–Crippen MR) is 115 cm³/mol. The molecule has 0 aliphatic heterocycles. The second-order valence-corrected chi connectivity index (χ2v) is 8.34. The van der Waals surface area contributed by atoms with Gasteiger partial charge in [0.2, 0.25) is 0 Å². The molecule has 0 aliphatic carbocycles. The molecule has 0 amide bonds. The van der Waals surface area contributed by atoms with E-state index >= 15 is 0 Å². The number of hydrogen-bond acceptors (Lipinski definition) is 5. The van der Waals surface area contributed by atoms with E-state index < -0.39 is 6.61 Å². The monoisotopic (exact) mass is 442 g/mol. The second-order valence-electron chi connectivity index (χ2n) is 7.03. The zero-order chi connectivity index (χ0) is 22.1. The molecule has 0 unspecified atom stereocenters. The van der Waals surface area contributed by atoms with Gasteiger partial charge < -0.3 is 9.30 Å². The van der Waals surface area contributed by atoms with E-state index in [9.17, 15) is 13.6 Å². The topological polar surface area (TPSA) is 61.4 Å². The summed E-state index contributed by atoms with van der Waals surface area (Å²) in [5, 5.41) is 8.59. The Labute approximate surface area is 181 Å². The third-order valence-electron chi connectivity index (χ3n) is 4.95. The van der Waals surface area contributed by atoms with Crippen molar-refractivity contribution < 1.29 is 18.3 Å². The van der Waals surface area contributed by atoms with Gasteiger partial charge in [-0.1, -0.05) is 17.8 Å². The minimum Gasteiger partial charge on any atom is -0.435 e. The van der Waals surface area contributed by atoms with Gasteiger partial charge in [-0.25, -0.2) is 0 Å². The molecule has 0 fully saturated rings. The first kappa shape index (κ1) is 21.0. The molecule has 0 spiro atoms. The number of nitrogens with zero attached hydrogens (tertiary/aromatic N) is 4. The molecule has 4 rings (SSSR count). The molecule has 0 saturated carbocycles. The van der Waals surface area contributed by atoms with E-state index in [1.54, 1.807) is 12.1 Å². The van der Waals surface area contributed by atoms with Gasteiger partial charge in [0.05, 0.1) is 5.25 Å². The van der Waals surface area contributed by atoms with Crippen LogP contribution in [0.4, 0.5) is 8.78 Å². The Bertz CT molecular complexity index is 1230. The first-order chi connectivity index (χ1) is 14.8. The summed E-state index contributed by atoms with van der Waals surface area (Å²) in [6.45, 7) is 2.75. The van der Waals surface area contributed by atoms with Crippen molar-refractivity contribution in [3.63, 3.8) is 0 Å². The maximum Gasteiger partial charge on any atom is 0.387 e. The fourth-order valence-electron chi connectivity index (χ4n) is 3.52. The van der Waals surface area contributed by atoms with E-state index in [1.807, 2.05) is 60.2 Å². The maximum absolute atomic E-state index is 13.2. The Morgan fingerprint density at radius 1 is 1.10 bits per heavy atom. The largest absolute Gasteiger partial charge is 0.435 e. The number of thioether (sulfide) groups is 1. The van der Waals surface area contributed by atoms with Crippen LogP contribution in [0.25, 0.3) is 11.3 Å².